The number of rotatable bonds is 3. The molecule has 1 atom stereocenters. The van der Waals surface area contributed by atoms with Gasteiger partial charge in [-0.1, -0.05) is 32.1 Å². The van der Waals surface area contributed by atoms with Gasteiger partial charge in [-0.15, -0.1) is 0 Å². The number of carbonyl (C=O) groups is 1. The Morgan fingerprint density at radius 2 is 1.65 bits per heavy atom. The third kappa shape index (κ3) is 4.25. The van der Waals surface area contributed by atoms with Gasteiger partial charge in [-0.3, -0.25) is 0 Å². The van der Waals surface area contributed by atoms with Crippen molar-refractivity contribution in [3.05, 3.63) is 41.5 Å². The first-order valence-electron chi connectivity index (χ1n) is 9.12. The molecule has 1 unspecified atom stereocenters. The van der Waals surface area contributed by atoms with E-state index < -0.39 is 0 Å². The van der Waals surface area contributed by atoms with Crippen molar-refractivity contribution in [2.45, 2.75) is 64.9 Å². The Morgan fingerprint density at radius 3 is 2.26 bits per heavy atom. The van der Waals surface area contributed by atoms with Crippen molar-refractivity contribution in [3.8, 4) is 0 Å². The van der Waals surface area contributed by atoms with Crippen LogP contribution in [0.5, 0.6) is 0 Å². The molecule has 124 valence electrons. The third-order valence-corrected chi connectivity index (χ3v) is 5.40. The van der Waals surface area contributed by atoms with Crippen LogP contribution in [0.2, 0.25) is 0 Å². The summed E-state index contributed by atoms with van der Waals surface area (Å²) in [5, 5.41) is 0. The summed E-state index contributed by atoms with van der Waals surface area (Å²) < 4.78 is 5.67. The Labute approximate surface area is 139 Å². The van der Waals surface area contributed by atoms with Gasteiger partial charge in [0.2, 0.25) is 0 Å². The molecule has 0 heterocycles. The normalized spacial score (nSPS) is 28.1. The smallest absolute Gasteiger partial charge is 0.338 e. The molecule has 2 aliphatic carbocycles. The quantitative estimate of drug-likeness (QED) is 0.676. The Hall–Kier alpha value is -1.57. The average Bonchev–Trinajstić information content (AvgIpc) is 2.58. The van der Waals surface area contributed by atoms with Gasteiger partial charge in [-0.25, -0.2) is 4.79 Å². The van der Waals surface area contributed by atoms with Crippen molar-refractivity contribution in [1.29, 1.82) is 0 Å². The second-order valence-electron chi connectivity index (χ2n) is 7.47. The molecular formula is C21H28O2. The number of allylic oxidation sites excluding steroid dienone is 2. The van der Waals surface area contributed by atoms with Crippen LogP contribution >= 0.6 is 0 Å². The minimum Gasteiger partial charge on any atom is -0.459 e. The molecule has 23 heavy (non-hydrogen) atoms. The van der Waals surface area contributed by atoms with Gasteiger partial charge >= 0.3 is 5.97 Å². The van der Waals surface area contributed by atoms with E-state index in [2.05, 4.69) is 32.1 Å². The molecule has 0 saturated heterocycles. The lowest BCUT2D eigenvalue weighted by Crippen LogP contribution is -2.23. The average molecular weight is 312 g/mol. The molecule has 1 saturated carbocycles. The first kappa shape index (κ1) is 16.3. The molecule has 0 amide bonds. The minimum absolute atomic E-state index is 0.112. The van der Waals surface area contributed by atoms with Gasteiger partial charge in [0.1, 0.15) is 6.10 Å². The highest BCUT2D eigenvalue weighted by Gasteiger charge is 2.22. The van der Waals surface area contributed by atoms with Gasteiger partial charge in [-0.05, 0) is 80.1 Å². The Morgan fingerprint density at radius 1 is 0.957 bits per heavy atom. The van der Waals surface area contributed by atoms with E-state index in [1.807, 2.05) is 12.1 Å². The van der Waals surface area contributed by atoms with Gasteiger partial charge < -0.3 is 4.74 Å². The third-order valence-electron chi connectivity index (χ3n) is 5.40. The fourth-order valence-electron chi connectivity index (χ4n) is 3.61. The SMILES string of the molecule is CC1CC=C(c2ccc(C(=O)O[C@H]3CC[C@H](C)CC3)cc2)CC1. The number of benzene rings is 1. The van der Waals surface area contributed by atoms with Crippen molar-refractivity contribution < 1.29 is 9.53 Å². The van der Waals surface area contributed by atoms with Crippen LogP contribution in [0.3, 0.4) is 0 Å². The topological polar surface area (TPSA) is 26.3 Å². The van der Waals surface area contributed by atoms with Crippen LogP contribution in [-0.4, -0.2) is 12.1 Å². The molecule has 2 nitrogen and oxygen atoms in total. The van der Waals surface area contributed by atoms with E-state index in [9.17, 15) is 4.79 Å². The largest absolute Gasteiger partial charge is 0.459 e. The van der Waals surface area contributed by atoms with E-state index in [1.54, 1.807) is 0 Å². The van der Waals surface area contributed by atoms with Gasteiger partial charge in [0.05, 0.1) is 5.56 Å². The summed E-state index contributed by atoms with van der Waals surface area (Å²) in [6, 6.07) is 7.98. The lowest BCUT2D eigenvalue weighted by Gasteiger charge is -2.26. The zero-order valence-electron chi connectivity index (χ0n) is 14.4. The summed E-state index contributed by atoms with van der Waals surface area (Å²) in [5.41, 5.74) is 3.35. The van der Waals surface area contributed by atoms with Crippen LogP contribution in [0.4, 0.5) is 0 Å². The van der Waals surface area contributed by atoms with Crippen molar-refractivity contribution in [3.63, 3.8) is 0 Å². The lowest BCUT2D eigenvalue weighted by molar-refractivity contribution is 0.0174. The number of hydrogen-bond donors (Lipinski definition) is 0. The molecule has 3 rings (SSSR count). The molecule has 1 fully saturated rings. The number of hydrogen-bond acceptors (Lipinski definition) is 2. The van der Waals surface area contributed by atoms with Crippen molar-refractivity contribution in [2.75, 3.05) is 0 Å². The maximum absolute atomic E-state index is 12.3. The van der Waals surface area contributed by atoms with Crippen LogP contribution in [0.15, 0.2) is 30.3 Å². The summed E-state index contributed by atoms with van der Waals surface area (Å²) in [5.74, 6) is 1.41. The van der Waals surface area contributed by atoms with Gasteiger partial charge in [0, 0.05) is 0 Å². The van der Waals surface area contributed by atoms with Gasteiger partial charge in [-0.2, -0.15) is 0 Å². The Kier molecular flexibility index (Phi) is 5.20. The maximum Gasteiger partial charge on any atom is 0.338 e. The fourth-order valence-corrected chi connectivity index (χ4v) is 3.61. The maximum atomic E-state index is 12.3. The Balaban J connectivity index is 1.59. The molecule has 2 aliphatic rings. The summed E-state index contributed by atoms with van der Waals surface area (Å²) >= 11 is 0. The lowest BCUT2D eigenvalue weighted by atomic mass is 9.87. The van der Waals surface area contributed by atoms with Gasteiger partial charge in [0.25, 0.3) is 0 Å². The minimum atomic E-state index is -0.164. The molecule has 0 N–H and O–H groups in total. The van der Waals surface area contributed by atoms with Crippen LogP contribution in [0.25, 0.3) is 5.57 Å². The molecule has 1 aromatic rings. The van der Waals surface area contributed by atoms with E-state index in [0.29, 0.717) is 5.56 Å². The zero-order valence-corrected chi connectivity index (χ0v) is 14.4. The fraction of sp³-hybridized carbons (Fsp3) is 0.571. The summed E-state index contributed by atoms with van der Waals surface area (Å²) in [4.78, 5) is 12.3. The first-order chi connectivity index (χ1) is 11.1. The number of ether oxygens (including phenoxy) is 1. The van der Waals surface area contributed by atoms with Crippen molar-refractivity contribution in [1.82, 2.24) is 0 Å². The van der Waals surface area contributed by atoms with E-state index in [1.165, 1.54) is 36.8 Å². The molecule has 0 aromatic heterocycles. The van der Waals surface area contributed by atoms with E-state index in [0.717, 1.165) is 31.1 Å². The van der Waals surface area contributed by atoms with Crippen LogP contribution in [0, 0.1) is 11.8 Å². The molecule has 0 aliphatic heterocycles. The zero-order chi connectivity index (χ0) is 16.2. The molecule has 0 bridgehead atoms. The predicted molar refractivity (Wildman–Crippen MR) is 94.3 cm³/mol. The second-order valence-corrected chi connectivity index (χ2v) is 7.47. The molecular weight excluding hydrogens is 284 g/mol. The van der Waals surface area contributed by atoms with E-state index in [4.69, 9.17) is 4.74 Å². The summed E-state index contributed by atoms with van der Waals surface area (Å²) in [7, 11) is 0. The Bertz CT molecular complexity index is 562. The van der Waals surface area contributed by atoms with Crippen molar-refractivity contribution in [2.24, 2.45) is 11.8 Å². The summed E-state index contributed by atoms with van der Waals surface area (Å²) in [6.45, 7) is 4.58. The summed E-state index contributed by atoms with van der Waals surface area (Å²) in [6.07, 6.45) is 10.4. The van der Waals surface area contributed by atoms with E-state index in [-0.39, 0.29) is 12.1 Å². The predicted octanol–water partition coefficient (Wildman–Crippen LogP) is 5.63. The highest BCUT2D eigenvalue weighted by Crippen LogP contribution is 2.30. The molecule has 1 aromatic carbocycles. The second kappa shape index (κ2) is 7.33. The van der Waals surface area contributed by atoms with Gasteiger partial charge in [0.15, 0.2) is 0 Å². The standard InChI is InChI=1S/C21H28O2/c1-15-3-7-17(8-4-15)18-9-11-19(12-10-18)21(22)23-20-13-5-16(2)6-14-20/h7,9-12,15-16,20H,3-6,8,13-14H2,1-2H3/t15?,16-,20-. The first-order valence-corrected chi connectivity index (χ1v) is 9.12. The highest BCUT2D eigenvalue weighted by molar-refractivity contribution is 5.90. The van der Waals surface area contributed by atoms with Crippen LogP contribution in [0.1, 0.15) is 74.7 Å². The molecule has 0 radical (unpaired) electrons. The van der Waals surface area contributed by atoms with Crippen molar-refractivity contribution >= 4 is 11.5 Å². The molecule has 2 heteroatoms. The van der Waals surface area contributed by atoms with Crippen LogP contribution in [-0.2, 0) is 4.74 Å². The number of carbonyl (C=O) groups excluding carboxylic acids is 1. The highest BCUT2D eigenvalue weighted by atomic mass is 16.5. The van der Waals surface area contributed by atoms with E-state index >= 15 is 0 Å². The number of esters is 1. The molecule has 0 spiro atoms. The van der Waals surface area contributed by atoms with Crippen LogP contribution < -0.4 is 0 Å². The monoisotopic (exact) mass is 312 g/mol.